The molecule has 0 saturated heterocycles. The van der Waals surface area contributed by atoms with Gasteiger partial charge in [0.15, 0.2) is 0 Å². The summed E-state index contributed by atoms with van der Waals surface area (Å²) >= 11 is 10.5. The maximum atomic E-state index is 5.15. The van der Waals surface area contributed by atoms with Crippen molar-refractivity contribution in [2.75, 3.05) is 12.5 Å². The molecule has 0 aromatic carbocycles. The van der Waals surface area contributed by atoms with Crippen molar-refractivity contribution in [2.45, 2.75) is 0 Å². The van der Waals surface area contributed by atoms with Crippen LogP contribution >= 0.6 is 47.0 Å². The van der Waals surface area contributed by atoms with Crippen LogP contribution in [0, 0.1) is 0 Å². The van der Waals surface area contributed by atoms with Crippen LogP contribution in [0.5, 0.6) is 0 Å². The van der Waals surface area contributed by atoms with Crippen LogP contribution in [0.3, 0.4) is 0 Å². The summed E-state index contributed by atoms with van der Waals surface area (Å²) in [7, 11) is 0. The SMILES string of the molecule is CSC1=C(SC)[Se]C(=C2[Se]C3=C(SC(=C4C=COC=C4)S3)[Se]2)[Se]1. The number of thioether (sulfide) groups is 4. The van der Waals surface area contributed by atoms with Crippen molar-refractivity contribution >= 4 is 107 Å². The second-order valence-corrected chi connectivity index (χ2v) is 21.7. The molecule has 0 aromatic heterocycles. The summed E-state index contributed by atoms with van der Waals surface area (Å²) in [6.07, 6.45) is 12.2. The zero-order valence-corrected chi connectivity index (χ0v) is 22.1. The molecule has 4 heterocycles. The molecule has 0 atom stereocenters. The fourth-order valence-corrected chi connectivity index (χ4v) is 27.8. The van der Waals surface area contributed by atoms with Crippen LogP contribution < -0.4 is 0 Å². The van der Waals surface area contributed by atoms with E-state index in [2.05, 4.69) is 24.7 Å². The Kier molecular flexibility index (Phi) is 6.43. The number of allylic oxidation sites excluding steroid dienone is 3. The molecule has 0 fully saturated rings. The Morgan fingerprint density at radius 2 is 1.35 bits per heavy atom. The average Bonchev–Trinajstić information content (AvgIpc) is 3.27. The van der Waals surface area contributed by atoms with Crippen molar-refractivity contribution in [2.24, 2.45) is 0 Å². The molecule has 0 spiro atoms. The van der Waals surface area contributed by atoms with E-state index in [1.165, 1.54) is 9.81 Å². The van der Waals surface area contributed by atoms with Gasteiger partial charge in [-0.15, -0.1) is 0 Å². The van der Waals surface area contributed by atoms with Crippen LogP contribution in [-0.4, -0.2) is 72.3 Å². The van der Waals surface area contributed by atoms with Crippen LogP contribution in [0.1, 0.15) is 0 Å². The molecule has 4 rings (SSSR count). The minimum absolute atomic E-state index is 0.601. The van der Waals surface area contributed by atoms with Crippen molar-refractivity contribution in [3.05, 3.63) is 56.4 Å². The third-order valence-electron chi connectivity index (χ3n) is 2.87. The van der Waals surface area contributed by atoms with E-state index < -0.39 is 0 Å². The van der Waals surface area contributed by atoms with Gasteiger partial charge in [0, 0.05) is 0 Å². The molecule has 9 heteroatoms. The molecule has 0 aliphatic carbocycles. The fraction of sp³-hybridized carbons (Fsp3) is 0.143. The Bertz CT molecular complexity index is 694. The second-order valence-electron chi connectivity index (χ2n) is 4.23. The first-order chi connectivity index (χ1) is 11.3. The van der Waals surface area contributed by atoms with Crippen molar-refractivity contribution in [3.8, 4) is 0 Å². The molecule has 0 aromatic rings. The van der Waals surface area contributed by atoms with E-state index in [1.807, 2.05) is 53.8 Å². The van der Waals surface area contributed by atoms with Crippen molar-refractivity contribution in [3.63, 3.8) is 0 Å². The number of hydrogen-bond donors (Lipinski definition) is 0. The Morgan fingerprint density at radius 3 is 1.87 bits per heavy atom. The summed E-state index contributed by atoms with van der Waals surface area (Å²) < 4.78 is 17.1. The molecule has 0 bridgehead atoms. The van der Waals surface area contributed by atoms with Gasteiger partial charge in [-0.2, -0.15) is 0 Å². The topological polar surface area (TPSA) is 9.23 Å². The second kappa shape index (κ2) is 8.17. The minimum atomic E-state index is 0.601. The van der Waals surface area contributed by atoms with Gasteiger partial charge in [0.05, 0.1) is 0 Å². The maximum absolute atomic E-state index is 5.15. The van der Waals surface area contributed by atoms with Crippen LogP contribution in [0.25, 0.3) is 0 Å². The molecule has 0 saturated carbocycles. The van der Waals surface area contributed by atoms with Crippen molar-refractivity contribution < 1.29 is 4.74 Å². The molecule has 0 amide bonds. The molecule has 1 nitrogen and oxygen atoms in total. The van der Waals surface area contributed by atoms with Crippen LogP contribution in [-0.2, 0) is 4.74 Å². The van der Waals surface area contributed by atoms with E-state index in [1.54, 1.807) is 27.7 Å². The summed E-state index contributed by atoms with van der Waals surface area (Å²) in [6, 6.07) is 0. The zero-order valence-electron chi connectivity index (χ0n) is 12.0. The first kappa shape index (κ1) is 18.1. The molecule has 120 valence electrons. The third-order valence-corrected chi connectivity index (χ3v) is 26.5. The van der Waals surface area contributed by atoms with Gasteiger partial charge in [-0.25, -0.2) is 0 Å². The Balaban J connectivity index is 1.48. The summed E-state index contributed by atoms with van der Waals surface area (Å²) in [4.78, 5) is 0. The van der Waals surface area contributed by atoms with E-state index in [4.69, 9.17) is 4.74 Å². The van der Waals surface area contributed by atoms with Gasteiger partial charge in [-0.3, -0.25) is 0 Å². The van der Waals surface area contributed by atoms with Crippen molar-refractivity contribution in [1.29, 1.82) is 0 Å². The van der Waals surface area contributed by atoms with Gasteiger partial charge in [0.2, 0.25) is 0 Å². The zero-order chi connectivity index (χ0) is 15.8. The van der Waals surface area contributed by atoms with Crippen molar-refractivity contribution in [1.82, 2.24) is 0 Å². The van der Waals surface area contributed by atoms with Crippen LogP contribution in [0.2, 0.25) is 0 Å². The number of hydrogen-bond acceptors (Lipinski definition) is 5. The molecule has 4 aliphatic heterocycles. The van der Waals surface area contributed by atoms with Gasteiger partial charge < -0.3 is 0 Å². The summed E-state index contributed by atoms with van der Waals surface area (Å²) in [5, 5.41) is 0. The first-order valence-electron chi connectivity index (χ1n) is 6.39. The normalized spacial score (nSPS) is 23.6. The van der Waals surface area contributed by atoms with Gasteiger partial charge in [0.1, 0.15) is 0 Å². The van der Waals surface area contributed by atoms with Gasteiger partial charge in [-0.05, 0) is 0 Å². The predicted octanol–water partition coefficient (Wildman–Crippen LogP) is 3.69. The quantitative estimate of drug-likeness (QED) is 0.426. The van der Waals surface area contributed by atoms with E-state index >= 15 is 0 Å². The van der Waals surface area contributed by atoms with Crippen LogP contribution in [0.15, 0.2) is 56.4 Å². The molecule has 23 heavy (non-hydrogen) atoms. The van der Waals surface area contributed by atoms with E-state index in [0.717, 1.165) is 0 Å². The first-order valence-corrected chi connectivity index (χ1v) is 17.3. The third kappa shape index (κ3) is 3.88. The molecular formula is C14H10OS4Se4. The standard InChI is InChI=1S/C14H10OS4Se4/c1-16-9-10(17-2)21-13(20-9)14-22-11-12(23-14)19-8(18-11)7-3-5-15-6-4-7/h3-6H,1-2H3. The average molecular weight is 638 g/mol. The van der Waals surface area contributed by atoms with E-state index in [9.17, 15) is 0 Å². The summed E-state index contributed by atoms with van der Waals surface area (Å²) in [5.74, 6) is 0. The molecular weight excluding hydrogens is 628 g/mol. The molecule has 0 N–H and O–H groups in total. The number of rotatable bonds is 2. The molecule has 4 aliphatic rings. The summed E-state index contributed by atoms with van der Waals surface area (Å²) in [6.45, 7) is 0. The van der Waals surface area contributed by atoms with Gasteiger partial charge in [0.25, 0.3) is 0 Å². The van der Waals surface area contributed by atoms with E-state index in [-0.39, 0.29) is 0 Å². The number of ether oxygens (including phenoxy) is 1. The fourth-order valence-electron chi connectivity index (χ4n) is 1.86. The monoisotopic (exact) mass is 642 g/mol. The Labute approximate surface area is 178 Å². The van der Waals surface area contributed by atoms with Crippen LogP contribution in [0.4, 0.5) is 0 Å². The Hall–Kier alpha value is 1.72. The Morgan fingerprint density at radius 1 is 0.826 bits per heavy atom. The molecule has 0 unspecified atom stereocenters. The summed E-state index contributed by atoms with van der Waals surface area (Å²) in [5.41, 5.74) is 1.31. The van der Waals surface area contributed by atoms with E-state index in [0.29, 0.717) is 59.8 Å². The predicted molar refractivity (Wildman–Crippen MR) is 113 cm³/mol. The van der Waals surface area contributed by atoms with Gasteiger partial charge >= 0.3 is 181 Å². The van der Waals surface area contributed by atoms with Gasteiger partial charge in [-0.1, -0.05) is 0 Å². The molecule has 0 radical (unpaired) electrons.